The number of anilines is 3. The van der Waals surface area contributed by atoms with Crippen molar-refractivity contribution in [1.82, 2.24) is 14.9 Å². The van der Waals surface area contributed by atoms with E-state index in [1.165, 1.54) is 24.5 Å². The highest BCUT2D eigenvalue weighted by Crippen LogP contribution is 2.36. The molecule has 1 saturated heterocycles. The number of aromatic nitrogens is 2. The number of hydrogen-bond acceptors (Lipinski definition) is 7. The van der Waals surface area contributed by atoms with Crippen LogP contribution in [0.2, 0.25) is 5.02 Å². The molecule has 0 spiro atoms. The number of amides is 1. The number of hydrogen-bond donors (Lipinski definition) is 2. The molecule has 0 radical (unpaired) electrons. The molecule has 10 heteroatoms. The Hall–Kier alpha value is -3.27. The van der Waals surface area contributed by atoms with Gasteiger partial charge in [-0.1, -0.05) is 17.7 Å². The highest BCUT2D eigenvalue weighted by atomic mass is 35.5. The highest BCUT2D eigenvalue weighted by molar-refractivity contribution is 6.31. The van der Waals surface area contributed by atoms with Gasteiger partial charge in [0.05, 0.1) is 28.9 Å². The Balaban J connectivity index is 1.38. The summed E-state index contributed by atoms with van der Waals surface area (Å²) in [6.45, 7) is 2.14. The van der Waals surface area contributed by atoms with Gasteiger partial charge in [-0.25, -0.2) is 14.4 Å². The average Bonchev–Trinajstić information content (AvgIpc) is 3.39. The van der Waals surface area contributed by atoms with E-state index in [0.29, 0.717) is 46.4 Å². The normalized spacial score (nSPS) is 17.9. The molecule has 1 aliphatic heterocycles. The van der Waals surface area contributed by atoms with Gasteiger partial charge in [0.15, 0.2) is 0 Å². The molecule has 1 aliphatic carbocycles. The van der Waals surface area contributed by atoms with E-state index in [4.69, 9.17) is 21.1 Å². The Morgan fingerprint density at radius 2 is 2.14 bits per heavy atom. The van der Waals surface area contributed by atoms with Crippen molar-refractivity contribution in [3.05, 3.63) is 59.7 Å². The van der Waals surface area contributed by atoms with E-state index < -0.39 is 5.82 Å². The van der Waals surface area contributed by atoms with Crippen molar-refractivity contribution in [3.63, 3.8) is 0 Å². The summed E-state index contributed by atoms with van der Waals surface area (Å²) in [4.78, 5) is 23.8. The molecule has 0 bridgehead atoms. The maximum absolute atomic E-state index is 13.6. The van der Waals surface area contributed by atoms with Gasteiger partial charge < -0.3 is 20.1 Å². The summed E-state index contributed by atoms with van der Waals surface area (Å²) >= 11 is 5.94. The van der Waals surface area contributed by atoms with Gasteiger partial charge in [0.25, 0.3) is 0 Å². The summed E-state index contributed by atoms with van der Waals surface area (Å²) in [5.74, 6) is 0.298. The van der Waals surface area contributed by atoms with Crippen molar-refractivity contribution in [3.8, 4) is 5.75 Å². The van der Waals surface area contributed by atoms with Crippen LogP contribution in [0.3, 0.4) is 0 Å². The zero-order valence-electron chi connectivity index (χ0n) is 20.5. The Bertz CT molecular complexity index is 1310. The van der Waals surface area contributed by atoms with E-state index >= 15 is 0 Å². The molecule has 5 rings (SSSR count). The third kappa shape index (κ3) is 6.18. The highest BCUT2D eigenvalue weighted by Gasteiger charge is 2.22. The van der Waals surface area contributed by atoms with Crippen molar-refractivity contribution in [2.24, 2.45) is 0 Å². The third-order valence-corrected chi connectivity index (χ3v) is 7.00. The van der Waals surface area contributed by atoms with E-state index in [2.05, 4.69) is 25.5 Å². The number of nitrogens with zero attached hydrogens (tertiary/aromatic N) is 3. The Morgan fingerprint density at radius 3 is 2.86 bits per heavy atom. The first kappa shape index (κ1) is 25.4. The molecule has 1 unspecified atom stereocenters. The van der Waals surface area contributed by atoms with E-state index in [9.17, 15) is 9.18 Å². The number of rotatable bonds is 9. The molecular weight excluding hydrogens is 497 g/mol. The first-order chi connectivity index (χ1) is 18.0. The van der Waals surface area contributed by atoms with Gasteiger partial charge in [0, 0.05) is 42.4 Å². The SMILES string of the molecule is CN(CC=CC(=O)Nc1cc2c(Nc3ccc(F)c(Cl)c3)ncnc2cc1OC1CCC1)C1CCOC1. The quantitative estimate of drug-likeness (QED) is 0.366. The molecule has 2 aromatic carbocycles. The number of carbonyl (C=O) groups excluding carboxylic acids is 1. The maximum Gasteiger partial charge on any atom is 0.248 e. The third-order valence-electron chi connectivity index (χ3n) is 6.71. The van der Waals surface area contributed by atoms with Gasteiger partial charge in [0.1, 0.15) is 23.7 Å². The Kier molecular flexibility index (Phi) is 7.83. The van der Waals surface area contributed by atoms with Crippen molar-refractivity contribution in [2.75, 3.05) is 37.4 Å². The zero-order valence-corrected chi connectivity index (χ0v) is 21.3. The molecule has 2 fully saturated rings. The smallest absolute Gasteiger partial charge is 0.248 e. The van der Waals surface area contributed by atoms with Crippen molar-refractivity contribution in [2.45, 2.75) is 37.8 Å². The Labute approximate surface area is 219 Å². The van der Waals surface area contributed by atoms with Crippen LogP contribution in [0.4, 0.5) is 21.6 Å². The molecule has 1 atom stereocenters. The molecule has 2 aliphatic rings. The molecule has 2 N–H and O–H groups in total. The second-order valence-electron chi connectivity index (χ2n) is 9.36. The number of nitrogens with one attached hydrogen (secondary N) is 2. The molecule has 1 aromatic heterocycles. The zero-order chi connectivity index (χ0) is 25.8. The second kappa shape index (κ2) is 11.4. The number of ether oxygens (including phenoxy) is 2. The summed E-state index contributed by atoms with van der Waals surface area (Å²) in [7, 11) is 2.03. The van der Waals surface area contributed by atoms with E-state index in [-0.39, 0.29) is 17.0 Å². The summed E-state index contributed by atoms with van der Waals surface area (Å²) in [5, 5.41) is 6.80. The lowest BCUT2D eigenvalue weighted by molar-refractivity contribution is -0.111. The number of carbonyl (C=O) groups is 1. The van der Waals surface area contributed by atoms with Crippen LogP contribution in [0, 0.1) is 5.82 Å². The average molecular weight is 526 g/mol. The summed E-state index contributed by atoms with van der Waals surface area (Å²) < 4.78 is 25.2. The summed E-state index contributed by atoms with van der Waals surface area (Å²) in [6, 6.07) is 8.33. The number of likely N-dealkylation sites (N-methyl/N-ethyl adjacent to an activating group) is 1. The van der Waals surface area contributed by atoms with E-state index in [1.54, 1.807) is 12.1 Å². The van der Waals surface area contributed by atoms with Gasteiger partial charge in [-0.3, -0.25) is 9.69 Å². The summed E-state index contributed by atoms with van der Waals surface area (Å²) in [6.07, 6.45) is 9.01. The minimum atomic E-state index is -0.502. The fourth-order valence-electron chi connectivity index (χ4n) is 4.28. The molecule has 8 nitrogen and oxygen atoms in total. The van der Waals surface area contributed by atoms with Crippen molar-refractivity contribution >= 4 is 45.6 Å². The second-order valence-corrected chi connectivity index (χ2v) is 9.77. The van der Waals surface area contributed by atoms with Gasteiger partial charge in [-0.15, -0.1) is 0 Å². The van der Waals surface area contributed by atoms with Crippen LogP contribution in [0.25, 0.3) is 10.9 Å². The Morgan fingerprint density at radius 1 is 1.27 bits per heavy atom. The molecule has 1 saturated carbocycles. The van der Waals surface area contributed by atoms with Gasteiger partial charge in [0.2, 0.25) is 5.91 Å². The number of halogens is 2. The fraction of sp³-hybridized carbons (Fsp3) is 0.370. The molecule has 37 heavy (non-hydrogen) atoms. The lowest BCUT2D eigenvalue weighted by Gasteiger charge is -2.27. The minimum absolute atomic E-state index is 0.00499. The van der Waals surface area contributed by atoms with Gasteiger partial charge in [-0.2, -0.15) is 0 Å². The lowest BCUT2D eigenvalue weighted by atomic mass is 9.96. The van der Waals surface area contributed by atoms with Crippen LogP contribution in [-0.2, 0) is 9.53 Å². The van der Waals surface area contributed by atoms with Gasteiger partial charge >= 0.3 is 0 Å². The number of fused-ring (bicyclic) bond motifs is 1. The predicted octanol–water partition coefficient (Wildman–Crippen LogP) is 5.31. The standard InChI is InChI=1S/C27H29ClFN5O3/c1-34(18-9-11-36-15-18)10-3-6-26(35)33-24-13-20-23(14-25(24)37-19-4-2-5-19)30-16-31-27(20)32-17-7-8-22(29)21(28)12-17/h3,6-8,12-14,16,18-19H,2,4-5,9-11,15H2,1H3,(H,33,35)(H,30,31,32). The van der Waals surface area contributed by atoms with Crippen molar-refractivity contribution in [1.29, 1.82) is 0 Å². The van der Waals surface area contributed by atoms with Crippen LogP contribution in [0.1, 0.15) is 25.7 Å². The van der Waals surface area contributed by atoms with Crippen LogP contribution >= 0.6 is 11.6 Å². The minimum Gasteiger partial charge on any atom is -0.488 e. The van der Waals surface area contributed by atoms with Crippen molar-refractivity contribution < 1.29 is 18.7 Å². The van der Waals surface area contributed by atoms with E-state index in [1.807, 2.05) is 19.2 Å². The molecule has 3 aromatic rings. The largest absolute Gasteiger partial charge is 0.488 e. The molecule has 1 amide bonds. The number of benzene rings is 2. The maximum atomic E-state index is 13.6. The monoisotopic (exact) mass is 525 g/mol. The molecular formula is C27H29ClFN5O3. The van der Waals surface area contributed by atoms with Crippen LogP contribution in [0.15, 0.2) is 48.8 Å². The van der Waals surface area contributed by atoms with E-state index in [0.717, 1.165) is 38.9 Å². The lowest BCUT2D eigenvalue weighted by Crippen LogP contribution is -2.32. The van der Waals surface area contributed by atoms with Gasteiger partial charge in [-0.05, 0) is 57.0 Å². The first-order valence-corrected chi connectivity index (χ1v) is 12.8. The molecule has 194 valence electrons. The topological polar surface area (TPSA) is 88.6 Å². The van der Waals surface area contributed by atoms with Crippen LogP contribution in [0.5, 0.6) is 5.75 Å². The first-order valence-electron chi connectivity index (χ1n) is 12.4. The fourth-order valence-corrected chi connectivity index (χ4v) is 4.46. The predicted molar refractivity (Wildman–Crippen MR) is 142 cm³/mol. The molecule has 2 heterocycles. The van der Waals surface area contributed by atoms with Crippen LogP contribution in [-0.4, -0.2) is 59.7 Å². The summed E-state index contributed by atoms with van der Waals surface area (Å²) in [5.41, 5.74) is 1.75. The van der Waals surface area contributed by atoms with Crippen LogP contribution < -0.4 is 15.4 Å².